The first kappa shape index (κ1) is 19.3. The van der Waals surface area contributed by atoms with Gasteiger partial charge in [0.15, 0.2) is 0 Å². The molecule has 2 N–H and O–H groups in total. The molecule has 0 bridgehead atoms. The first-order valence-corrected chi connectivity index (χ1v) is 9.72. The minimum absolute atomic E-state index is 0.271. The van der Waals surface area contributed by atoms with Gasteiger partial charge in [-0.2, -0.15) is 0 Å². The molecule has 0 aliphatic carbocycles. The van der Waals surface area contributed by atoms with E-state index in [1.165, 1.54) is 0 Å². The third-order valence-corrected chi connectivity index (χ3v) is 4.90. The van der Waals surface area contributed by atoms with Crippen LogP contribution in [0.3, 0.4) is 0 Å². The Morgan fingerprint density at radius 1 is 0.800 bits per heavy atom. The second-order valence-corrected chi connectivity index (χ2v) is 6.95. The van der Waals surface area contributed by atoms with Crippen LogP contribution in [-0.2, 0) is 11.3 Å². The van der Waals surface area contributed by atoms with E-state index in [1.54, 1.807) is 18.5 Å². The van der Waals surface area contributed by atoms with E-state index >= 15 is 0 Å². The smallest absolute Gasteiger partial charge is 0.252 e. The van der Waals surface area contributed by atoms with Crippen LogP contribution in [0.4, 0.5) is 0 Å². The summed E-state index contributed by atoms with van der Waals surface area (Å²) < 4.78 is 0. The van der Waals surface area contributed by atoms with Gasteiger partial charge in [0.2, 0.25) is 5.91 Å². The molecular formula is C25H21N3O2. The van der Waals surface area contributed by atoms with Gasteiger partial charge < -0.3 is 10.6 Å². The van der Waals surface area contributed by atoms with Gasteiger partial charge in [0.25, 0.3) is 5.91 Å². The molecule has 5 nitrogen and oxygen atoms in total. The summed E-state index contributed by atoms with van der Waals surface area (Å²) in [5.74, 6) is -0.569. The zero-order chi connectivity index (χ0) is 20.8. The summed E-state index contributed by atoms with van der Waals surface area (Å²) >= 11 is 0. The average Bonchev–Trinajstić information content (AvgIpc) is 2.81. The number of hydrogen-bond donors (Lipinski definition) is 2. The van der Waals surface area contributed by atoms with Crippen LogP contribution in [0.5, 0.6) is 0 Å². The molecule has 0 aliphatic heterocycles. The van der Waals surface area contributed by atoms with Crippen molar-refractivity contribution in [3.8, 4) is 0 Å². The molecule has 2 amide bonds. The predicted octanol–water partition coefficient (Wildman–Crippen LogP) is 4.02. The molecule has 1 unspecified atom stereocenters. The number of aromatic nitrogens is 1. The lowest BCUT2D eigenvalue weighted by Crippen LogP contribution is -2.40. The van der Waals surface area contributed by atoms with Gasteiger partial charge in [-0.3, -0.25) is 14.6 Å². The first-order valence-electron chi connectivity index (χ1n) is 9.72. The lowest BCUT2D eigenvalue weighted by Gasteiger charge is -2.19. The molecule has 4 rings (SSSR count). The number of rotatable bonds is 6. The van der Waals surface area contributed by atoms with Gasteiger partial charge in [-0.15, -0.1) is 0 Å². The van der Waals surface area contributed by atoms with Gasteiger partial charge in [0.1, 0.15) is 6.04 Å². The number of nitrogens with one attached hydrogen (secondary N) is 2. The highest BCUT2D eigenvalue weighted by molar-refractivity contribution is 6.00. The van der Waals surface area contributed by atoms with Gasteiger partial charge in [0.05, 0.1) is 0 Å². The molecule has 0 saturated heterocycles. The Morgan fingerprint density at radius 2 is 1.50 bits per heavy atom. The largest absolute Gasteiger partial charge is 0.350 e. The van der Waals surface area contributed by atoms with E-state index in [1.807, 2.05) is 78.9 Å². The van der Waals surface area contributed by atoms with Crippen LogP contribution in [0.15, 0.2) is 97.3 Å². The number of nitrogens with zero attached hydrogens (tertiary/aromatic N) is 1. The van der Waals surface area contributed by atoms with Crippen molar-refractivity contribution in [2.45, 2.75) is 12.6 Å². The molecule has 30 heavy (non-hydrogen) atoms. The zero-order valence-corrected chi connectivity index (χ0v) is 16.3. The highest BCUT2D eigenvalue weighted by Gasteiger charge is 2.23. The second-order valence-electron chi connectivity index (χ2n) is 6.95. The van der Waals surface area contributed by atoms with Crippen molar-refractivity contribution in [1.82, 2.24) is 15.6 Å². The maximum atomic E-state index is 13.0. The fraction of sp³-hybridized carbons (Fsp3) is 0.0800. The zero-order valence-electron chi connectivity index (χ0n) is 16.3. The van der Waals surface area contributed by atoms with Crippen LogP contribution in [-0.4, -0.2) is 16.8 Å². The van der Waals surface area contributed by atoms with Gasteiger partial charge in [-0.05, 0) is 46.2 Å². The van der Waals surface area contributed by atoms with Crippen molar-refractivity contribution in [3.63, 3.8) is 0 Å². The van der Waals surface area contributed by atoms with Gasteiger partial charge >= 0.3 is 0 Å². The molecule has 1 atom stereocenters. The van der Waals surface area contributed by atoms with E-state index in [4.69, 9.17) is 0 Å². The summed E-state index contributed by atoms with van der Waals surface area (Å²) in [6.45, 7) is 0.358. The molecule has 148 valence electrons. The standard InChI is InChI=1S/C25H21N3O2/c29-24(22-11-10-19-6-4-5-9-21(19)16-22)28-23(20-7-2-1-3-8-20)25(30)27-17-18-12-14-26-15-13-18/h1-16,23H,17H2,(H,27,30)(H,28,29). The molecule has 0 radical (unpaired) electrons. The topological polar surface area (TPSA) is 71.1 Å². The average molecular weight is 395 g/mol. The normalized spacial score (nSPS) is 11.6. The third-order valence-electron chi connectivity index (χ3n) is 4.90. The molecule has 4 aromatic rings. The number of carbonyl (C=O) groups excluding carboxylic acids is 2. The Bertz CT molecular complexity index is 1160. The molecule has 1 aromatic heterocycles. The Hall–Kier alpha value is -3.99. The van der Waals surface area contributed by atoms with E-state index in [2.05, 4.69) is 15.6 Å². The van der Waals surface area contributed by atoms with E-state index in [9.17, 15) is 9.59 Å². The molecule has 0 fully saturated rings. The predicted molar refractivity (Wildman–Crippen MR) is 117 cm³/mol. The number of carbonyl (C=O) groups is 2. The minimum atomic E-state index is -0.799. The van der Waals surface area contributed by atoms with Crippen LogP contribution in [0.2, 0.25) is 0 Å². The molecule has 0 saturated carbocycles. The number of pyridine rings is 1. The Morgan fingerprint density at radius 3 is 2.27 bits per heavy atom. The monoisotopic (exact) mass is 395 g/mol. The maximum Gasteiger partial charge on any atom is 0.252 e. The van der Waals surface area contributed by atoms with Crippen LogP contribution >= 0.6 is 0 Å². The van der Waals surface area contributed by atoms with E-state index in [-0.39, 0.29) is 11.8 Å². The maximum absolute atomic E-state index is 13.0. The van der Waals surface area contributed by atoms with Crippen molar-refractivity contribution in [1.29, 1.82) is 0 Å². The van der Waals surface area contributed by atoms with Crippen molar-refractivity contribution < 1.29 is 9.59 Å². The fourth-order valence-electron chi connectivity index (χ4n) is 3.28. The fourth-order valence-corrected chi connectivity index (χ4v) is 3.28. The number of hydrogen-bond acceptors (Lipinski definition) is 3. The summed E-state index contributed by atoms with van der Waals surface area (Å²) in [7, 11) is 0. The summed E-state index contributed by atoms with van der Waals surface area (Å²) in [6.07, 6.45) is 3.36. The summed E-state index contributed by atoms with van der Waals surface area (Å²) in [6, 6.07) is 25.5. The van der Waals surface area contributed by atoms with Gasteiger partial charge in [0, 0.05) is 24.5 Å². The van der Waals surface area contributed by atoms with Crippen LogP contribution in [0.25, 0.3) is 10.8 Å². The first-order chi connectivity index (χ1) is 14.7. The van der Waals surface area contributed by atoms with Crippen LogP contribution in [0, 0.1) is 0 Å². The Balaban J connectivity index is 1.54. The van der Waals surface area contributed by atoms with Crippen LogP contribution in [0.1, 0.15) is 27.5 Å². The molecule has 0 spiro atoms. The summed E-state index contributed by atoms with van der Waals surface area (Å²) in [5, 5.41) is 7.82. The lowest BCUT2D eigenvalue weighted by molar-refractivity contribution is -0.123. The molecular weight excluding hydrogens is 374 g/mol. The highest BCUT2D eigenvalue weighted by Crippen LogP contribution is 2.18. The quantitative estimate of drug-likeness (QED) is 0.518. The van der Waals surface area contributed by atoms with Gasteiger partial charge in [-0.1, -0.05) is 60.7 Å². The van der Waals surface area contributed by atoms with E-state index in [0.29, 0.717) is 12.1 Å². The molecule has 1 heterocycles. The molecule has 3 aromatic carbocycles. The van der Waals surface area contributed by atoms with Crippen molar-refractivity contribution in [2.24, 2.45) is 0 Å². The third kappa shape index (κ3) is 4.52. The number of amides is 2. The van der Waals surface area contributed by atoms with Crippen molar-refractivity contribution >= 4 is 22.6 Å². The SMILES string of the molecule is O=C(NC(C(=O)NCc1ccncc1)c1ccccc1)c1ccc2ccccc2c1. The molecule has 5 heteroatoms. The Labute approximate surface area is 174 Å². The van der Waals surface area contributed by atoms with Crippen molar-refractivity contribution in [2.75, 3.05) is 0 Å². The summed E-state index contributed by atoms with van der Waals surface area (Å²) in [4.78, 5) is 29.9. The van der Waals surface area contributed by atoms with Crippen molar-refractivity contribution in [3.05, 3.63) is 114 Å². The number of benzene rings is 3. The van der Waals surface area contributed by atoms with Crippen LogP contribution < -0.4 is 10.6 Å². The van der Waals surface area contributed by atoms with E-state index < -0.39 is 6.04 Å². The summed E-state index contributed by atoms with van der Waals surface area (Å²) in [5.41, 5.74) is 2.17. The van der Waals surface area contributed by atoms with E-state index in [0.717, 1.165) is 21.9 Å². The second kappa shape index (κ2) is 9.01. The molecule has 0 aliphatic rings. The van der Waals surface area contributed by atoms with Gasteiger partial charge in [-0.25, -0.2) is 0 Å². The highest BCUT2D eigenvalue weighted by atomic mass is 16.2. The Kier molecular flexibility index (Phi) is 5.80. The number of fused-ring (bicyclic) bond motifs is 1. The minimum Gasteiger partial charge on any atom is -0.350 e. The lowest BCUT2D eigenvalue weighted by atomic mass is 10.0.